The Balaban J connectivity index is 0.000000260. The van der Waals surface area contributed by atoms with Crippen molar-refractivity contribution in [3.63, 3.8) is 0 Å². The number of hydrogen-bond acceptors (Lipinski definition) is 5. The Bertz CT molecular complexity index is 1640. The number of halogens is 1. The molecule has 0 radical (unpaired) electrons. The summed E-state index contributed by atoms with van der Waals surface area (Å²) in [5.74, 6) is 0. The van der Waals surface area contributed by atoms with Crippen LogP contribution in [0.5, 0.6) is 0 Å². The van der Waals surface area contributed by atoms with E-state index in [1.165, 1.54) is 28.2 Å². The van der Waals surface area contributed by atoms with Crippen molar-refractivity contribution in [1.29, 1.82) is 0 Å². The molecule has 2 heterocycles. The number of aldehydes is 1. The Morgan fingerprint density at radius 2 is 1.07 bits per heavy atom. The van der Waals surface area contributed by atoms with Gasteiger partial charge in [-0.25, -0.2) is 0 Å². The first-order valence-electron chi connectivity index (χ1n) is 13.9. The number of aryl methyl sites for hydroxylation is 2. The van der Waals surface area contributed by atoms with Crippen molar-refractivity contribution in [1.82, 2.24) is 9.97 Å². The van der Waals surface area contributed by atoms with E-state index >= 15 is 0 Å². The molecule has 0 unspecified atom stereocenters. The van der Waals surface area contributed by atoms with Crippen molar-refractivity contribution < 1.29 is 26.7 Å². The number of methoxy groups -OCH3 is 2. The van der Waals surface area contributed by atoms with Crippen LogP contribution in [0.15, 0.2) is 131 Å². The molecule has 0 spiro atoms. The van der Waals surface area contributed by atoms with E-state index < -0.39 is 7.26 Å². The highest BCUT2D eigenvalue weighted by Crippen LogP contribution is 2.54. The summed E-state index contributed by atoms with van der Waals surface area (Å²) < 4.78 is 10.5. The number of H-pyrrole nitrogens is 2. The number of aromatic amines is 2. The number of carbonyl (C=O) groups is 1. The van der Waals surface area contributed by atoms with E-state index in [1.807, 2.05) is 6.92 Å². The number of carbonyl (C=O) groups excluding carboxylic acids is 1. The molecule has 0 aliphatic rings. The zero-order valence-corrected chi connectivity index (χ0v) is 27.4. The van der Waals surface area contributed by atoms with Gasteiger partial charge in [0.15, 0.2) is 12.6 Å². The van der Waals surface area contributed by atoms with Gasteiger partial charge >= 0.3 is 0 Å². The van der Waals surface area contributed by atoms with Gasteiger partial charge in [0.05, 0.1) is 13.4 Å². The fourth-order valence-electron chi connectivity index (χ4n) is 4.53. The number of nitrogens with one attached hydrogen (secondary N) is 2. The van der Waals surface area contributed by atoms with Crippen molar-refractivity contribution in [2.45, 2.75) is 13.8 Å². The molecule has 0 bridgehead atoms. The highest BCUT2D eigenvalue weighted by atomic mass is 35.5. The first-order valence-corrected chi connectivity index (χ1v) is 15.9. The Labute approximate surface area is 270 Å². The van der Waals surface area contributed by atoms with E-state index in [9.17, 15) is 14.4 Å². The molecule has 5 rings (SSSR count). The van der Waals surface area contributed by atoms with E-state index in [0.29, 0.717) is 23.8 Å². The first-order chi connectivity index (χ1) is 21.3. The number of aromatic nitrogens is 2. The number of rotatable bonds is 8. The molecule has 7 nitrogen and oxygen atoms in total. The van der Waals surface area contributed by atoms with Gasteiger partial charge in [0, 0.05) is 37.2 Å². The van der Waals surface area contributed by atoms with Crippen LogP contribution in [0.3, 0.4) is 0 Å². The molecule has 9 heteroatoms. The standard InChI is InChI=1S/C20H20OP.C9H11NO2.C7H7NO2.ClH/c1-21-17-22(18-11-5-2-6-12-18,19-13-7-3-8-14-19)20-15-9-4-10-16-20;1-7-5-9(11)10-6-8(7)3-4-12-2;1-5-2-7(10)8-3-6(5)4-9;/h2-16H,17H2,1H3;3-6H,1-2H3,(H,10,11);2-4H,1H3,(H,8,10);1H/q+1;;;/p-1/b;4-3+;;. The molecule has 0 aliphatic carbocycles. The van der Waals surface area contributed by atoms with Crippen molar-refractivity contribution in [3.05, 3.63) is 165 Å². The Morgan fingerprint density at radius 1 is 0.667 bits per heavy atom. The summed E-state index contributed by atoms with van der Waals surface area (Å²) in [6.07, 6.45) is 7.86. The van der Waals surface area contributed by atoms with E-state index in [0.717, 1.165) is 11.1 Å². The predicted molar refractivity (Wildman–Crippen MR) is 182 cm³/mol. The SMILES string of the molecule is CO/C=C/c1c[nH]c(=O)cc1C.COC[P+](c1ccccc1)(c1ccccc1)c1ccccc1.Cc1cc(=O)[nH]cc1C=O.[Cl-]. The minimum absolute atomic E-state index is 0. The maximum absolute atomic E-state index is 10.8. The fraction of sp³-hybridized carbons (Fsp3) is 0.139. The van der Waals surface area contributed by atoms with E-state index in [1.54, 1.807) is 45.7 Å². The van der Waals surface area contributed by atoms with Crippen LogP contribution in [0, 0.1) is 13.8 Å². The average Bonchev–Trinajstić information content (AvgIpc) is 3.05. The molecule has 0 amide bonds. The highest BCUT2D eigenvalue weighted by molar-refractivity contribution is 7.95. The Kier molecular flexibility index (Phi) is 15.4. The monoisotopic (exact) mass is 644 g/mol. The van der Waals surface area contributed by atoms with Gasteiger partial charge in [-0.15, -0.1) is 0 Å². The fourth-order valence-corrected chi connectivity index (χ4v) is 8.30. The quantitative estimate of drug-likeness (QED) is 0.154. The van der Waals surface area contributed by atoms with Gasteiger partial charge in [0.25, 0.3) is 0 Å². The molecule has 234 valence electrons. The van der Waals surface area contributed by atoms with Gasteiger partial charge in [-0.05, 0) is 73.0 Å². The maximum atomic E-state index is 10.8. The minimum atomic E-state index is -1.78. The van der Waals surface area contributed by atoms with Crippen molar-refractivity contribution in [2.75, 3.05) is 20.6 Å². The predicted octanol–water partition coefficient (Wildman–Crippen LogP) is 2.38. The van der Waals surface area contributed by atoms with Gasteiger partial charge in [-0.1, -0.05) is 54.6 Å². The first kappa shape index (κ1) is 36.6. The van der Waals surface area contributed by atoms with Crippen LogP contribution in [0.2, 0.25) is 0 Å². The molecule has 0 saturated carbocycles. The van der Waals surface area contributed by atoms with Crippen LogP contribution < -0.4 is 39.4 Å². The third-order valence-corrected chi connectivity index (χ3v) is 11.0. The molecule has 0 saturated heterocycles. The van der Waals surface area contributed by atoms with E-state index in [-0.39, 0.29) is 23.5 Å². The van der Waals surface area contributed by atoms with Crippen molar-refractivity contribution in [2.24, 2.45) is 0 Å². The third-order valence-electron chi connectivity index (χ3n) is 6.77. The summed E-state index contributed by atoms with van der Waals surface area (Å²) in [6, 6.07) is 35.2. The van der Waals surface area contributed by atoms with Gasteiger partial charge in [-0.3, -0.25) is 14.4 Å². The Hall–Kier alpha value is -4.55. The normalized spacial score (nSPS) is 10.4. The number of pyridine rings is 2. The molecule has 0 fully saturated rings. The van der Waals surface area contributed by atoms with E-state index in [4.69, 9.17) is 9.47 Å². The number of hydrogen-bond donors (Lipinski definition) is 2. The lowest BCUT2D eigenvalue weighted by Crippen LogP contribution is -3.00. The summed E-state index contributed by atoms with van der Waals surface area (Å²) in [5, 5.41) is 4.07. The molecule has 2 N–H and O–H groups in total. The summed E-state index contributed by atoms with van der Waals surface area (Å²) in [4.78, 5) is 36.6. The molecule has 0 atom stereocenters. The second-order valence-corrected chi connectivity index (χ2v) is 13.2. The minimum Gasteiger partial charge on any atom is -1.00 e. The number of benzene rings is 3. The summed E-state index contributed by atoms with van der Waals surface area (Å²) >= 11 is 0. The zero-order chi connectivity index (χ0) is 31.8. The Morgan fingerprint density at radius 3 is 1.40 bits per heavy atom. The second kappa shape index (κ2) is 19.0. The van der Waals surface area contributed by atoms with Crippen LogP contribution in [-0.2, 0) is 9.47 Å². The summed E-state index contributed by atoms with van der Waals surface area (Å²) in [6.45, 7) is 3.60. The van der Waals surface area contributed by atoms with Gasteiger partial charge in [0.1, 0.15) is 23.2 Å². The summed E-state index contributed by atoms with van der Waals surface area (Å²) in [7, 11) is 1.60. The highest BCUT2D eigenvalue weighted by Gasteiger charge is 2.45. The average molecular weight is 645 g/mol. The third kappa shape index (κ3) is 10.3. The molecule has 45 heavy (non-hydrogen) atoms. The zero-order valence-electron chi connectivity index (χ0n) is 25.8. The lowest BCUT2D eigenvalue weighted by molar-refractivity contribution is -0.0000160. The molecular formula is C36H38ClN2O5P. The maximum Gasteiger partial charge on any atom is 0.248 e. The molecule has 0 aliphatic heterocycles. The van der Waals surface area contributed by atoms with Crippen LogP contribution in [-0.4, -0.2) is 36.8 Å². The second-order valence-electron chi connectivity index (χ2n) is 9.76. The van der Waals surface area contributed by atoms with Crippen molar-refractivity contribution in [3.8, 4) is 0 Å². The van der Waals surface area contributed by atoms with Gasteiger partial charge < -0.3 is 31.8 Å². The van der Waals surface area contributed by atoms with Crippen LogP contribution in [0.1, 0.15) is 27.0 Å². The largest absolute Gasteiger partial charge is 1.00 e. The van der Waals surface area contributed by atoms with Gasteiger partial charge in [0.2, 0.25) is 11.1 Å². The lowest BCUT2D eigenvalue weighted by atomic mass is 10.2. The van der Waals surface area contributed by atoms with Gasteiger partial charge in [-0.2, -0.15) is 0 Å². The molecule has 5 aromatic rings. The van der Waals surface area contributed by atoms with E-state index in [2.05, 4.69) is 101 Å². The smallest absolute Gasteiger partial charge is 0.248 e. The summed E-state index contributed by atoms with van der Waals surface area (Å²) in [5.41, 5.74) is 2.87. The molecule has 3 aromatic carbocycles. The molecular weight excluding hydrogens is 607 g/mol. The molecule has 2 aromatic heterocycles. The number of ether oxygens (including phenoxy) is 2. The van der Waals surface area contributed by atoms with Crippen LogP contribution >= 0.6 is 7.26 Å². The lowest BCUT2D eigenvalue weighted by Gasteiger charge is -2.26. The van der Waals surface area contributed by atoms with Crippen LogP contribution in [0.4, 0.5) is 0 Å². The topological polar surface area (TPSA) is 101 Å². The van der Waals surface area contributed by atoms with Crippen molar-refractivity contribution >= 4 is 35.5 Å². The van der Waals surface area contributed by atoms with Crippen LogP contribution in [0.25, 0.3) is 6.08 Å².